The monoisotopic (exact) mass is 373 g/mol. The quantitative estimate of drug-likeness (QED) is 0.764. The zero-order chi connectivity index (χ0) is 18.1. The van der Waals surface area contributed by atoms with Crippen LogP contribution in [0.5, 0.6) is 5.75 Å². The zero-order valence-corrected chi connectivity index (χ0v) is 15.3. The number of benzene rings is 2. The Morgan fingerprint density at radius 1 is 1.15 bits per heavy atom. The summed E-state index contributed by atoms with van der Waals surface area (Å²) < 4.78 is 34.2. The molecule has 1 aliphatic heterocycles. The van der Waals surface area contributed by atoms with Gasteiger partial charge in [0, 0.05) is 37.8 Å². The van der Waals surface area contributed by atoms with Crippen LogP contribution in [0.3, 0.4) is 0 Å². The summed E-state index contributed by atoms with van der Waals surface area (Å²) in [5, 5.41) is 3.79. The molecule has 0 spiro atoms. The van der Waals surface area contributed by atoms with Gasteiger partial charge in [0.05, 0.1) is 23.2 Å². The third-order valence-corrected chi connectivity index (χ3v) is 5.97. The van der Waals surface area contributed by atoms with Gasteiger partial charge in [0.15, 0.2) is 11.0 Å². The van der Waals surface area contributed by atoms with Gasteiger partial charge in [0.2, 0.25) is 0 Å². The van der Waals surface area contributed by atoms with E-state index in [4.69, 9.17) is 4.74 Å². The second kappa shape index (κ2) is 7.09. The number of halogens is 1. The Morgan fingerprint density at radius 2 is 1.96 bits per heavy atom. The Bertz CT molecular complexity index is 967. The number of nitrogens with zero attached hydrogens (tertiary/aromatic N) is 2. The van der Waals surface area contributed by atoms with Crippen LogP contribution in [-0.4, -0.2) is 41.5 Å². The van der Waals surface area contributed by atoms with E-state index in [2.05, 4.69) is 10.2 Å². The lowest BCUT2D eigenvalue weighted by atomic mass is 10.2. The van der Waals surface area contributed by atoms with Crippen molar-refractivity contribution in [1.82, 2.24) is 9.29 Å². The molecule has 7 heteroatoms. The average Bonchev–Trinajstić information content (AvgIpc) is 3.13. The Balaban J connectivity index is 1.74. The second-order valence-corrected chi connectivity index (χ2v) is 7.50. The van der Waals surface area contributed by atoms with Gasteiger partial charge in [-0.05, 0) is 36.4 Å². The maximum atomic E-state index is 13.9. The van der Waals surface area contributed by atoms with Gasteiger partial charge in [0.25, 0.3) is 0 Å². The topological polar surface area (TPSA) is 46.5 Å². The molecule has 1 N–H and O–H groups in total. The van der Waals surface area contributed by atoms with E-state index in [-0.39, 0.29) is 5.82 Å². The summed E-state index contributed by atoms with van der Waals surface area (Å²) in [6.07, 6.45) is 1.67. The van der Waals surface area contributed by atoms with Gasteiger partial charge in [-0.1, -0.05) is 6.07 Å². The fourth-order valence-corrected chi connectivity index (χ4v) is 4.43. The van der Waals surface area contributed by atoms with Crippen molar-refractivity contribution < 1.29 is 13.3 Å². The summed E-state index contributed by atoms with van der Waals surface area (Å²) in [5.41, 5.74) is 1.55. The number of nitrogens with one attached hydrogen (secondary N) is 1. The lowest BCUT2D eigenvalue weighted by Crippen LogP contribution is -2.43. The summed E-state index contributed by atoms with van der Waals surface area (Å²) in [4.78, 5) is 2.88. The lowest BCUT2D eigenvalue weighted by Gasteiger charge is -2.30. The van der Waals surface area contributed by atoms with Gasteiger partial charge < -0.3 is 15.0 Å². The van der Waals surface area contributed by atoms with Gasteiger partial charge in [-0.2, -0.15) is 0 Å². The highest BCUT2D eigenvalue weighted by atomic mass is 32.2. The number of piperazine rings is 1. The van der Waals surface area contributed by atoms with Crippen molar-refractivity contribution in [3.63, 3.8) is 0 Å². The fourth-order valence-electron chi connectivity index (χ4n) is 3.29. The number of fused-ring (bicyclic) bond motifs is 1. The highest BCUT2D eigenvalue weighted by molar-refractivity contribution is 7.83. The van der Waals surface area contributed by atoms with Gasteiger partial charge in [-0.3, -0.25) is 3.97 Å². The molecule has 0 radical (unpaired) electrons. The molecule has 2 heterocycles. The zero-order valence-electron chi connectivity index (χ0n) is 14.4. The first kappa shape index (κ1) is 17.1. The van der Waals surface area contributed by atoms with Crippen LogP contribution >= 0.6 is 0 Å². The Morgan fingerprint density at radius 3 is 2.73 bits per heavy atom. The minimum atomic E-state index is -1.47. The smallest absolute Gasteiger partial charge is 0.157 e. The molecular weight excluding hydrogens is 353 g/mol. The van der Waals surface area contributed by atoms with Crippen molar-refractivity contribution in [3.8, 4) is 5.75 Å². The SMILES string of the molecule is COc1ccc(S(=O)n2ccc3c(F)cccc32)cc1N1CCNCC1. The van der Waals surface area contributed by atoms with Crippen molar-refractivity contribution in [2.75, 3.05) is 38.2 Å². The number of rotatable bonds is 4. The minimum absolute atomic E-state index is 0.311. The van der Waals surface area contributed by atoms with Crippen LogP contribution in [0, 0.1) is 5.82 Å². The summed E-state index contributed by atoms with van der Waals surface area (Å²) in [7, 11) is 0.167. The molecule has 5 nitrogen and oxygen atoms in total. The number of ether oxygens (including phenoxy) is 1. The largest absolute Gasteiger partial charge is 0.495 e. The standard InChI is InChI=1S/C19H20FN3O2S/c1-25-19-6-5-14(13-18(19)22-11-8-21-9-12-22)26(24)23-10-7-15-16(20)3-2-4-17(15)23/h2-7,10,13,21H,8-9,11-12H2,1H3. The lowest BCUT2D eigenvalue weighted by molar-refractivity contribution is 0.412. The molecule has 3 aromatic rings. The Labute approximate surface area is 154 Å². The first-order valence-corrected chi connectivity index (χ1v) is 9.61. The molecule has 136 valence electrons. The van der Waals surface area contributed by atoms with E-state index in [1.165, 1.54) is 6.07 Å². The number of anilines is 1. The van der Waals surface area contributed by atoms with Gasteiger partial charge >= 0.3 is 0 Å². The number of hydrogen-bond acceptors (Lipinski definition) is 4. The maximum Gasteiger partial charge on any atom is 0.157 e. The molecule has 0 amide bonds. The number of aromatic nitrogens is 1. The van der Waals surface area contributed by atoms with Crippen LogP contribution < -0.4 is 15.0 Å². The van der Waals surface area contributed by atoms with Crippen LogP contribution in [0.1, 0.15) is 0 Å². The summed E-state index contributed by atoms with van der Waals surface area (Å²) in [5.74, 6) is 0.450. The molecule has 0 bridgehead atoms. The number of methoxy groups -OCH3 is 1. The van der Waals surface area contributed by atoms with Crippen molar-refractivity contribution in [2.45, 2.75) is 4.90 Å². The van der Waals surface area contributed by atoms with Crippen molar-refractivity contribution in [3.05, 3.63) is 54.5 Å². The first-order chi connectivity index (χ1) is 12.7. The normalized spacial score (nSPS) is 16.0. The molecule has 2 aromatic carbocycles. The molecule has 1 aromatic heterocycles. The average molecular weight is 373 g/mol. The predicted octanol–water partition coefficient (Wildman–Crippen LogP) is 2.77. The van der Waals surface area contributed by atoms with Gasteiger partial charge in [-0.15, -0.1) is 0 Å². The number of hydrogen-bond donors (Lipinski definition) is 1. The van der Waals surface area contributed by atoms with E-state index < -0.39 is 11.0 Å². The minimum Gasteiger partial charge on any atom is -0.495 e. The highest BCUT2D eigenvalue weighted by Gasteiger charge is 2.18. The molecule has 1 aliphatic rings. The van der Waals surface area contributed by atoms with Crippen molar-refractivity contribution in [2.24, 2.45) is 0 Å². The molecule has 0 saturated carbocycles. The third kappa shape index (κ3) is 2.97. The van der Waals surface area contributed by atoms with Crippen LogP contribution in [-0.2, 0) is 11.0 Å². The highest BCUT2D eigenvalue weighted by Crippen LogP contribution is 2.32. The fraction of sp³-hybridized carbons (Fsp3) is 0.263. The molecule has 26 heavy (non-hydrogen) atoms. The molecule has 4 rings (SSSR count). The summed E-state index contributed by atoms with van der Waals surface area (Å²) in [6.45, 7) is 3.53. The van der Waals surface area contributed by atoms with E-state index in [1.54, 1.807) is 41.5 Å². The molecule has 1 unspecified atom stereocenters. The Hall–Kier alpha value is -2.38. The first-order valence-electron chi connectivity index (χ1n) is 8.50. The van der Waals surface area contributed by atoms with Gasteiger partial charge in [-0.25, -0.2) is 8.60 Å². The second-order valence-electron chi connectivity index (χ2n) is 6.13. The molecule has 1 saturated heterocycles. The van der Waals surface area contributed by atoms with Gasteiger partial charge in [0.1, 0.15) is 11.6 Å². The molecule has 0 aliphatic carbocycles. The van der Waals surface area contributed by atoms with Crippen LogP contribution in [0.2, 0.25) is 0 Å². The van der Waals surface area contributed by atoms with E-state index >= 15 is 0 Å². The maximum absolute atomic E-state index is 13.9. The van der Waals surface area contributed by atoms with E-state index in [1.807, 2.05) is 12.1 Å². The van der Waals surface area contributed by atoms with E-state index in [0.29, 0.717) is 15.8 Å². The van der Waals surface area contributed by atoms with E-state index in [9.17, 15) is 8.60 Å². The molecule has 1 fully saturated rings. The van der Waals surface area contributed by atoms with Crippen LogP contribution in [0.25, 0.3) is 10.9 Å². The van der Waals surface area contributed by atoms with Crippen molar-refractivity contribution in [1.29, 1.82) is 0 Å². The van der Waals surface area contributed by atoms with Crippen LogP contribution in [0.15, 0.2) is 53.6 Å². The Kier molecular flexibility index (Phi) is 4.65. The molecule has 1 atom stereocenters. The summed E-state index contributed by atoms with van der Waals surface area (Å²) in [6, 6.07) is 12.0. The molecular formula is C19H20FN3O2S. The predicted molar refractivity (Wildman–Crippen MR) is 102 cm³/mol. The summed E-state index contributed by atoms with van der Waals surface area (Å²) >= 11 is 0. The van der Waals surface area contributed by atoms with Crippen molar-refractivity contribution >= 4 is 27.6 Å². The van der Waals surface area contributed by atoms with Crippen LogP contribution in [0.4, 0.5) is 10.1 Å². The van der Waals surface area contributed by atoms with E-state index in [0.717, 1.165) is 37.6 Å². The third-order valence-electron chi connectivity index (χ3n) is 4.63.